The normalized spacial score (nSPS) is 14.0. The van der Waals surface area contributed by atoms with E-state index in [0.29, 0.717) is 0 Å². The number of aryl methyl sites for hydroxylation is 1. The van der Waals surface area contributed by atoms with E-state index in [2.05, 4.69) is 0 Å². The standard InChI is InChI=1S/C12H7F9O2/c1-5-2-6(8(22)23)4-7(3-5)9(13,14)10(15,16)11(17,18)12(19,20)21/h2-4H,1H3,(H,22,23). The van der Waals surface area contributed by atoms with Crippen molar-refractivity contribution in [3.05, 3.63) is 34.9 Å². The number of alkyl halides is 9. The molecule has 0 saturated heterocycles. The molecule has 11 heteroatoms. The van der Waals surface area contributed by atoms with Crippen LogP contribution >= 0.6 is 0 Å². The van der Waals surface area contributed by atoms with Gasteiger partial charge >= 0.3 is 29.9 Å². The summed E-state index contributed by atoms with van der Waals surface area (Å²) in [4.78, 5) is 10.7. The molecule has 0 aliphatic rings. The first-order valence-electron chi connectivity index (χ1n) is 5.61. The van der Waals surface area contributed by atoms with Gasteiger partial charge in [-0.1, -0.05) is 0 Å². The van der Waals surface area contributed by atoms with Crippen molar-refractivity contribution in [1.82, 2.24) is 0 Å². The van der Waals surface area contributed by atoms with E-state index in [1.807, 2.05) is 0 Å². The molecule has 0 radical (unpaired) electrons. The zero-order chi connectivity index (χ0) is 18.4. The van der Waals surface area contributed by atoms with E-state index < -0.39 is 41.0 Å². The van der Waals surface area contributed by atoms with E-state index in [-0.39, 0.29) is 17.7 Å². The molecule has 0 aliphatic carbocycles. The topological polar surface area (TPSA) is 37.3 Å². The second-order valence-electron chi connectivity index (χ2n) is 4.61. The van der Waals surface area contributed by atoms with Gasteiger partial charge in [0.1, 0.15) is 0 Å². The van der Waals surface area contributed by atoms with Crippen LogP contribution in [0.1, 0.15) is 21.5 Å². The van der Waals surface area contributed by atoms with Crippen LogP contribution in [0.5, 0.6) is 0 Å². The molecule has 0 fully saturated rings. The Morgan fingerprint density at radius 1 is 0.870 bits per heavy atom. The smallest absolute Gasteiger partial charge is 0.460 e. The lowest BCUT2D eigenvalue weighted by Crippen LogP contribution is -2.59. The summed E-state index contributed by atoms with van der Waals surface area (Å²) in [5, 5.41) is 8.63. The third kappa shape index (κ3) is 2.95. The molecule has 0 aromatic heterocycles. The molecular formula is C12H7F9O2. The van der Waals surface area contributed by atoms with E-state index in [0.717, 1.165) is 13.0 Å². The molecule has 0 heterocycles. The molecule has 1 aromatic rings. The first-order valence-corrected chi connectivity index (χ1v) is 5.61. The molecule has 130 valence electrons. The second-order valence-corrected chi connectivity index (χ2v) is 4.61. The Balaban J connectivity index is 3.55. The quantitative estimate of drug-likeness (QED) is 0.802. The van der Waals surface area contributed by atoms with Crippen LogP contribution in [0.4, 0.5) is 39.5 Å². The monoisotopic (exact) mass is 354 g/mol. The summed E-state index contributed by atoms with van der Waals surface area (Å²) in [6.45, 7) is 0.978. The lowest BCUT2D eigenvalue weighted by molar-refractivity contribution is -0.399. The van der Waals surface area contributed by atoms with Crippen LogP contribution < -0.4 is 0 Å². The van der Waals surface area contributed by atoms with Crippen molar-refractivity contribution in [2.24, 2.45) is 0 Å². The molecule has 0 aliphatic heterocycles. The summed E-state index contributed by atoms with van der Waals surface area (Å²) in [6.07, 6.45) is -6.93. The Morgan fingerprint density at radius 2 is 1.35 bits per heavy atom. The maximum Gasteiger partial charge on any atom is 0.460 e. The highest BCUT2D eigenvalue weighted by Crippen LogP contribution is 2.56. The van der Waals surface area contributed by atoms with Crippen molar-refractivity contribution in [1.29, 1.82) is 0 Å². The van der Waals surface area contributed by atoms with Gasteiger partial charge in [-0.25, -0.2) is 4.79 Å². The Bertz CT molecular complexity index is 619. The molecule has 0 saturated carbocycles. The van der Waals surface area contributed by atoms with E-state index in [1.165, 1.54) is 0 Å². The van der Waals surface area contributed by atoms with E-state index in [1.54, 1.807) is 0 Å². The molecule has 0 unspecified atom stereocenters. The zero-order valence-corrected chi connectivity index (χ0v) is 11.0. The number of hydrogen-bond acceptors (Lipinski definition) is 1. The van der Waals surface area contributed by atoms with Gasteiger partial charge in [-0.2, -0.15) is 39.5 Å². The third-order valence-corrected chi connectivity index (χ3v) is 2.83. The fourth-order valence-electron chi connectivity index (χ4n) is 1.64. The summed E-state index contributed by atoms with van der Waals surface area (Å²) in [6, 6.07) is 0.866. The molecule has 1 N–H and O–H groups in total. The lowest BCUT2D eigenvalue weighted by atomic mass is 9.94. The average Bonchev–Trinajstić information content (AvgIpc) is 2.35. The summed E-state index contributed by atoms with van der Waals surface area (Å²) in [7, 11) is 0. The summed E-state index contributed by atoms with van der Waals surface area (Å²) >= 11 is 0. The van der Waals surface area contributed by atoms with Crippen LogP contribution in [0.25, 0.3) is 0 Å². The molecule has 1 rings (SSSR count). The molecule has 0 spiro atoms. The average molecular weight is 354 g/mol. The summed E-state index contributed by atoms with van der Waals surface area (Å²) < 4.78 is 115. The van der Waals surface area contributed by atoms with Gasteiger partial charge in [-0.3, -0.25) is 0 Å². The van der Waals surface area contributed by atoms with Crippen molar-refractivity contribution >= 4 is 5.97 Å². The maximum atomic E-state index is 13.7. The number of aromatic carboxylic acids is 1. The Hall–Kier alpha value is -1.94. The molecular weight excluding hydrogens is 347 g/mol. The second kappa shape index (κ2) is 5.31. The molecule has 23 heavy (non-hydrogen) atoms. The number of rotatable bonds is 4. The summed E-state index contributed by atoms with van der Waals surface area (Å²) in [5.74, 6) is -21.7. The molecule has 2 nitrogen and oxygen atoms in total. The van der Waals surface area contributed by atoms with Gasteiger partial charge in [0.25, 0.3) is 0 Å². The number of carboxylic acid groups (broad SMARTS) is 1. The molecule has 0 atom stereocenters. The van der Waals surface area contributed by atoms with Gasteiger partial charge < -0.3 is 5.11 Å². The Labute approximate surface area is 122 Å². The van der Waals surface area contributed by atoms with Gasteiger partial charge in [0, 0.05) is 5.56 Å². The van der Waals surface area contributed by atoms with Crippen LogP contribution in [-0.4, -0.2) is 29.1 Å². The van der Waals surface area contributed by atoms with Gasteiger partial charge in [0.15, 0.2) is 0 Å². The number of halogens is 9. The largest absolute Gasteiger partial charge is 0.478 e. The first-order chi connectivity index (χ1) is 10.1. The Morgan fingerprint density at radius 3 is 1.74 bits per heavy atom. The highest BCUT2D eigenvalue weighted by Gasteiger charge is 2.82. The molecule has 1 aromatic carbocycles. The predicted molar refractivity (Wildman–Crippen MR) is 58.0 cm³/mol. The Kier molecular flexibility index (Phi) is 4.41. The fraction of sp³-hybridized carbons (Fsp3) is 0.417. The fourth-order valence-corrected chi connectivity index (χ4v) is 1.64. The van der Waals surface area contributed by atoms with Crippen molar-refractivity contribution in [3.63, 3.8) is 0 Å². The van der Waals surface area contributed by atoms with Gasteiger partial charge in [0.2, 0.25) is 0 Å². The highest BCUT2D eigenvalue weighted by molar-refractivity contribution is 5.88. The predicted octanol–water partition coefficient (Wildman–Crippen LogP) is 4.62. The van der Waals surface area contributed by atoms with Crippen LogP contribution in [0.3, 0.4) is 0 Å². The van der Waals surface area contributed by atoms with Crippen LogP contribution in [0.15, 0.2) is 18.2 Å². The molecule has 0 bridgehead atoms. The number of carbonyl (C=O) groups is 1. The van der Waals surface area contributed by atoms with E-state index in [9.17, 15) is 44.3 Å². The van der Waals surface area contributed by atoms with Crippen molar-refractivity contribution in [2.75, 3.05) is 0 Å². The van der Waals surface area contributed by atoms with Gasteiger partial charge in [-0.05, 0) is 30.7 Å². The minimum atomic E-state index is -7.03. The van der Waals surface area contributed by atoms with Crippen molar-refractivity contribution in [3.8, 4) is 0 Å². The van der Waals surface area contributed by atoms with Crippen LogP contribution in [0.2, 0.25) is 0 Å². The number of hydrogen-bond donors (Lipinski definition) is 1. The minimum Gasteiger partial charge on any atom is -0.478 e. The van der Waals surface area contributed by atoms with Gasteiger partial charge in [0.05, 0.1) is 5.56 Å². The van der Waals surface area contributed by atoms with Crippen molar-refractivity contribution < 1.29 is 49.4 Å². The van der Waals surface area contributed by atoms with Crippen LogP contribution in [0, 0.1) is 6.92 Å². The number of benzene rings is 1. The van der Waals surface area contributed by atoms with E-state index >= 15 is 0 Å². The van der Waals surface area contributed by atoms with Crippen molar-refractivity contribution in [2.45, 2.75) is 30.9 Å². The highest BCUT2D eigenvalue weighted by atomic mass is 19.4. The van der Waals surface area contributed by atoms with Gasteiger partial charge in [-0.15, -0.1) is 0 Å². The third-order valence-electron chi connectivity index (χ3n) is 2.83. The lowest BCUT2D eigenvalue weighted by Gasteiger charge is -2.34. The number of carboxylic acids is 1. The SMILES string of the molecule is Cc1cc(C(=O)O)cc(C(F)(F)C(F)(F)C(F)(F)C(F)(F)F)c1. The van der Waals surface area contributed by atoms with E-state index in [4.69, 9.17) is 5.11 Å². The van der Waals surface area contributed by atoms with Crippen LogP contribution in [-0.2, 0) is 5.92 Å². The zero-order valence-electron chi connectivity index (χ0n) is 11.0. The summed E-state index contributed by atoms with van der Waals surface area (Å²) in [5.41, 5.74) is -3.28. The molecule has 0 amide bonds. The minimum absolute atomic E-state index is 0.0876. The maximum absolute atomic E-state index is 13.7. The first kappa shape index (κ1) is 19.1.